The molecule has 1 aromatic heterocycles. The first-order valence-corrected chi connectivity index (χ1v) is 9.63. The fourth-order valence-electron chi connectivity index (χ4n) is 3.55. The van der Waals surface area contributed by atoms with Gasteiger partial charge in [-0.1, -0.05) is 31.2 Å². The molecule has 1 aliphatic rings. The van der Waals surface area contributed by atoms with Crippen molar-refractivity contribution in [3.63, 3.8) is 0 Å². The van der Waals surface area contributed by atoms with Crippen molar-refractivity contribution in [3.05, 3.63) is 68.0 Å². The molecule has 2 aromatic rings. The van der Waals surface area contributed by atoms with Gasteiger partial charge in [-0.25, -0.2) is 4.79 Å². The Hall–Kier alpha value is -2.51. The highest BCUT2D eigenvalue weighted by Crippen LogP contribution is 2.30. The van der Waals surface area contributed by atoms with Crippen LogP contribution in [0.1, 0.15) is 49.1 Å². The van der Waals surface area contributed by atoms with Crippen LogP contribution in [0.4, 0.5) is 0 Å². The Balaban J connectivity index is 1.61. The highest BCUT2D eigenvalue weighted by molar-refractivity contribution is 5.81. The van der Waals surface area contributed by atoms with E-state index in [-0.39, 0.29) is 12.2 Å². The number of rotatable bonds is 7. The third-order valence-corrected chi connectivity index (χ3v) is 5.29. The van der Waals surface area contributed by atoms with E-state index in [0.717, 1.165) is 11.1 Å². The van der Waals surface area contributed by atoms with E-state index in [4.69, 9.17) is 4.74 Å². The summed E-state index contributed by atoms with van der Waals surface area (Å²) in [6, 6.07) is 7.77. The summed E-state index contributed by atoms with van der Waals surface area (Å²) < 4.78 is 7.16. The Kier molecular flexibility index (Phi) is 6.26. The first kappa shape index (κ1) is 20.2. The van der Waals surface area contributed by atoms with Crippen molar-refractivity contribution in [2.45, 2.75) is 64.4 Å². The number of aromatic nitrogens is 2. The van der Waals surface area contributed by atoms with Crippen molar-refractivity contribution in [1.29, 1.82) is 0 Å². The molecule has 1 aromatic carbocycles. The van der Waals surface area contributed by atoms with Crippen molar-refractivity contribution in [1.82, 2.24) is 9.55 Å². The highest BCUT2D eigenvalue weighted by Gasteiger charge is 2.35. The molecule has 0 radical (unpaired) electrons. The molecule has 1 saturated heterocycles. The summed E-state index contributed by atoms with van der Waals surface area (Å²) in [6.07, 6.45) is 1.33. The van der Waals surface area contributed by atoms with Crippen LogP contribution < -0.4 is 11.2 Å². The topological polar surface area (TPSA) is 101 Å². The van der Waals surface area contributed by atoms with Crippen molar-refractivity contribution in [3.8, 4) is 0 Å². The minimum atomic E-state index is -0.764. The Morgan fingerprint density at radius 1 is 1.29 bits per heavy atom. The molecule has 7 heteroatoms. The standard InChI is InChI=1S/C21H26N2O5/c1-3-14-12-23(21(27)22-20(14)26)19-11-17(25)18(28-19)9-8-16(24)10-15-7-5-4-6-13(15)2/h4-7,12,17-19,25H,3,8-11H2,1-2H3,(H,22,26,27)/t17?,18-,19-/m0/s1. The second kappa shape index (κ2) is 8.67. The number of aliphatic hydroxyl groups is 1. The maximum Gasteiger partial charge on any atom is 0.330 e. The number of nitrogens with one attached hydrogen (secondary N) is 1. The van der Waals surface area contributed by atoms with Crippen molar-refractivity contribution < 1.29 is 14.6 Å². The summed E-state index contributed by atoms with van der Waals surface area (Å²) in [6.45, 7) is 3.80. The predicted octanol–water partition coefficient (Wildman–Crippen LogP) is 1.65. The summed E-state index contributed by atoms with van der Waals surface area (Å²) in [5.74, 6) is 0.0861. The summed E-state index contributed by atoms with van der Waals surface area (Å²) in [4.78, 5) is 38.4. The van der Waals surface area contributed by atoms with Gasteiger partial charge in [-0.05, 0) is 30.9 Å². The van der Waals surface area contributed by atoms with Gasteiger partial charge in [0, 0.05) is 31.0 Å². The quantitative estimate of drug-likeness (QED) is 0.753. The van der Waals surface area contributed by atoms with Gasteiger partial charge in [0.05, 0.1) is 12.2 Å². The Morgan fingerprint density at radius 2 is 2.04 bits per heavy atom. The molecule has 2 N–H and O–H groups in total. The predicted molar refractivity (Wildman–Crippen MR) is 104 cm³/mol. The molecular weight excluding hydrogens is 360 g/mol. The Bertz CT molecular complexity index is 962. The molecule has 3 rings (SSSR count). The minimum Gasteiger partial charge on any atom is -0.390 e. The Morgan fingerprint density at radius 3 is 2.75 bits per heavy atom. The van der Waals surface area contributed by atoms with Crippen molar-refractivity contribution in [2.24, 2.45) is 0 Å². The second-order valence-corrected chi connectivity index (χ2v) is 7.29. The lowest BCUT2D eigenvalue weighted by atomic mass is 9.99. The lowest BCUT2D eigenvalue weighted by molar-refractivity contribution is -0.119. The molecule has 0 spiro atoms. The number of aryl methyl sites for hydroxylation is 2. The molecular formula is C21H26N2O5. The lowest BCUT2D eigenvalue weighted by Crippen LogP contribution is -2.34. The minimum absolute atomic E-state index is 0.0861. The van der Waals surface area contributed by atoms with Crippen LogP contribution >= 0.6 is 0 Å². The van der Waals surface area contributed by atoms with Crippen LogP contribution in [0, 0.1) is 6.92 Å². The van der Waals surface area contributed by atoms with Gasteiger partial charge in [0.2, 0.25) is 0 Å². The van der Waals surface area contributed by atoms with Gasteiger partial charge in [-0.3, -0.25) is 19.1 Å². The maximum absolute atomic E-state index is 12.3. The van der Waals surface area contributed by atoms with Gasteiger partial charge in [-0.15, -0.1) is 0 Å². The SMILES string of the molecule is CCc1cn([C@@H]2CC(O)[C@H](CCC(=O)Cc3ccccc3C)O2)c(=O)[nH]c1=O. The number of ketones is 1. The van der Waals surface area contributed by atoms with E-state index in [1.54, 1.807) is 0 Å². The number of aliphatic hydroxyl groups excluding tert-OH is 1. The Labute approximate surface area is 163 Å². The van der Waals surface area contributed by atoms with Crippen molar-refractivity contribution >= 4 is 5.78 Å². The summed E-state index contributed by atoms with van der Waals surface area (Å²) in [5.41, 5.74) is 1.60. The molecule has 1 unspecified atom stereocenters. The van der Waals surface area contributed by atoms with E-state index >= 15 is 0 Å². The smallest absolute Gasteiger partial charge is 0.330 e. The summed E-state index contributed by atoms with van der Waals surface area (Å²) >= 11 is 0. The molecule has 1 fully saturated rings. The normalized spacial score (nSPS) is 21.8. The molecule has 0 saturated carbocycles. The maximum atomic E-state index is 12.3. The van der Waals surface area contributed by atoms with Crippen LogP contribution in [-0.4, -0.2) is 32.6 Å². The number of hydrogen-bond acceptors (Lipinski definition) is 5. The van der Waals surface area contributed by atoms with Gasteiger partial charge < -0.3 is 9.84 Å². The number of carbonyl (C=O) groups excluding carboxylic acids is 1. The molecule has 7 nitrogen and oxygen atoms in total. The van der Waals surface area contributed by atoms with Crippen LogP contribution in [0.3, 0.4) is 0 Å². The number of ether oxygens (including phenoxy) is 1. The number of benzene rings is 1. The van der Waals surface area contributed by atoms with E-state index in [0.29, 0.717) is 31.2 Å². The van der Waals surface area contributed by atoms with Crippen LogP contribution in [0.2, 0.25) is 0 Å². The number of carbonyl (C=O) groups is 1. The largest absolute Gasteiger partial charge is 0.390 e. The molecule has 0 amide bonds. The number of aromatic amines is 1. The number of H-pyrrole nitrogens is 1. The van der Waals surface area contributed by atoms with Crippen LogP contribution in [0.5, 0.6) is 0 Å². The van der Waals surface area contributed by atoms with Gasteiger partial charge in [0.15, 0.2) is 0 Å². The monoisotopic (exact) mass is 386 g/mol. The lowest BCUT2D eigenvalue weighted by Gasteiger charge is -2.16. The van der Waals surface area contributed by atoms with E-state index in [9.17, 15) is 19.5 Å². The zero-order valence-corrected chi connectivity index (χ0v) is 16.2. The summed E-state index contributed by atoms with van der Waals surface area (Å²) in [5, 5.41) is 10.3. The summed E-state index contributed by atoms with van der Waals surface area (Å²) in [7, 11) is 0. The molecule has 3 atom stereocenters. The van der Waals surface area contributed by atoms with Gasteiger partial charge >= 0.3 is 5.69 Å². The molecule has 1 aliphatic heterocycles. The molecule has 2 heterocycles. The van der Waals surface area contributed by atoms with Crippen LogP contribution in [0.15, 0.2) is 40.1 Å². The van der Waals surface area contributed by atoms with Crippen molar-refractivity contribution in [2.75, 3.05) is 0 Å². The van der Waals surface area contributed by atoms with E-state index in [2.05, 4.69) is 4.98 Å². The fourth-order valence-corrected chi connectivity index (χ4v) is 3.55. The average molecular weight is 386 g/mol. The van der Waals surface area contributed by atoms with Gasteiger partial charge in [0.1, 0.15) is 12.0 Å². The average Bonchev–Trinajstić information content (AvgIpc) is 3.02. The highest BCUT2D eigenvalue weighted by atomic mass is 16.5. The van der Waals surface area contributed by atoms with Crippen LogP contribution in [-0.2, 0) is 22.4 Å². The second-order valence-electron chi connectivity index (χ2n) is 7.29. The molecule has 150 valence electrons. The number of nitrogens with zero attached hydrogens (tertiary/aromatic N) is 1. The zero-order valence-electron chi connectivity index (χ0n) is 16.2. The first-order valence-electron chi connectivity index (χ1n) is 9.63. The molecule has 0 aliphatic carbocycles. The van der Waals surface area contributed by atoms with Crippen LogP contribution in [0.25, 0.3) is 0 Å². The van der Waals surface area contributed by atoms with E-state index < -0.39 is 29.7 Å². The van der Waals surface area contributed by atoms with Gasteiger partial charge in [0.25, 0.3) is 5.56 Å². The third-order valence-electron chi connectivity index (χ3n) is 5.29. The molecule has 28 heavy (non-hydrogen) atoms. The van der Waals surface area contributed by atoms with Gasteiger partial charge in [-0.2, -0.15) is 0 Å². The first-order chi connectivity index (χ1) is 13.4. The number of Topliss-reactive ketones (excluding diaryl/α,β-unsaturated/α-hetero) is 1. The number of hydrogen-bond donors (Lipinski definition) is 2. The fraction of sp³-hybridized carbons (Fsp3) is 0.476. The third kappa shape index (κ3) is 4.48. The van der Waals surface area contributed by atoms with E-state index in [1.807, 2.05) is 38.1 Å². The van der Waals surface area contributed by atoms with E-state index in [1.165, 1.54) is 10.8 Å². The zero-order chi connectivity index (χ0) is 20.3. The molecule has 0 bridgehead atoms.